The zero-order valence-corrected chi connectivity index (χ0v) is 15.1. The normalized spacial score (nSPS) is 13.2. The van der Waals surface area contributed by atoms with Gasteiger partial charge in [0.05, 0.1) is 16.6 Å². The molecule has 0 aliphatic rings. The van der Waals surface area contributed by atoms with Crippen LogP contribution in [0.4, 0.5) is 13.2 Å². The van der Waals surface area contributed by atoms with Gasteiger partial charge in [-0.3, -0.25) is 9.47 Å². The molecule has 3 rings (SSSR count). The smallest absolute Gasteiger partial charge is 0.294 e. The average Bonchev–Trinajstić information content (AvgIpc) is 3.07. The molecule has 3 aromatic rings. The fourth-order valence-electron chi connectivity index (χ4n) is 2.67. The zero-order valence-electron chi connectivity index (χ0n) is 14.3. The summed E-state index contributed by atoms with van der Waals surface area (Å²) in [6.45, 7) is 0. The molecule has 0 bridgehead atoms. The van der Waals surface area contributed by atoms with Crippen LogP contribution in [0.3, 0.4) is 0 Å². The third kappa shape index (κ3) is 3.94. The molecule has 3 nitrogen and oxygen atoms in total. The van der Waals surface area contributed by atoms with Gasteiger partial charge in [-0.05, 0) is 31.8 Å². The first-order chi connectivity index (χ1) is 12.4. The standard InChI is InChI=1S/C19H18F3N3S/c1-24(2)17(14-8-4-3-5-9-14)26-18-23-12-13-25(18)16-11-7-6-10-15(16)19(20,21)22/h3-13,17H,1-2H3. The number of hydrogen-bond donors (Lipinski definition) is 0. The van der Waals surface area contributed by atoms with Gasteiger partial charge in [-0.15, -0.1) is 0 Å². The van der Waals surface area contributed by atoms with Crippen LogP contribution in [-0.4, -0.2) is 28.5 Å². The maximum Gasteiger partial charge on any atom is 0.418 e. The minimum absolute atomic E-state index is 0.0737. The van der Waals surface area contributed by atoms with Gasteiger partial charge in [0.15, 0.2) is 5.16 Å². The third-order valence-corrected chi connectivity index (χ3v) is 5.28. The lowest BCUT2D eigenvalue weighted by Gasteiger charge is -2.24. The highest BCUT2D eigenvalue weighted by Gasteiger charge is 2.34. The van der Waals surface area contributed by atoms with Gasteiger partial charge in [-0.25, -0.2) is 4.98 Å². The topological polar surface area (TPSA) is 21.1 Å². The summed E-state index contributed by atoms with van der Waals surface area (Å²) in [4.78, 5) is 6.30. The second kappa shape index (κ2) is 7.55. The van der Waals surface area contributed by atoms with Crippen molar-refractivity contribution in [1.82, 2.24) is 14.5 Å². The van der Waals surface area contributed by atoms with E-state index >= 15 is 0 Å². The van der Waals surface area contributed by atoms with Crippen LogP contribution < -0.4 is 0 Å². The molecule has 7 heteroatoms. The lowest BCUT2D eigenvalue weighted by atomic mass is 10.1. The van der Waals surface area contributed by atoms with Gasteiger partial charge in [-0.2, -0.15) is 13.2 Å². The van der Waals surface area contributed by atoms with E-state index in [1.165, 1.54) is 34.7 Å². The maximum atomic E-state index is 13.4. The Morgan fingerprint density at radius 1 is 1.00 bits per heavy atom. The lowest BCUT2D eigenvalue weighted by Crippen LogP contribution is -2.18. The van der Waals surface area contributed by atoms with Gasteiger partial charge < -0.3 is 0 Å². The van der Waals surface area contributed by atoms with E-state index in [0.29, 0.717) is 5.16 Å². The summed E-state index contributed by atoms with van der Waals surface area (Å²) in [6.07, 6.45) is -1.35. The van der Waals surface area contributed by atoms with E-state index in [-0.39, 0.29) is 11.1 Å². The molecule has 136 valence electrons. The van der Waals surface area contributed by atoms with Crippen molar-refractivity contribution in [3.8, 4) is 5.69 Å². The number of rotatable bonds is 5. The van der Waals surface area contributed by atoms with Crippen molar-refractivity contribution in [3.05, 3.63) is 78.1 Å². The zero-order chi connectivity index (χ0) is 18.7. The number of thioether (sulfide) groups is 1. The molecule has 1 atom stereocenters. The molecule has 1 aromatic heterocycles. The van der Waals surface area contributed by atoms with E-state index in [1.54, 1.807) is 12.3 Å². The van der Waals surface area contributed by atoms with E-state index in [9.17, 15) is 13.2 Å². The van der Waals surface area contributed by atoms with Crippen LogP contribution >= 0.6 is 11.8 Å². The number of benzene rings is 2. The number of halogens is 3. The Morgan fingerprint density at radius 3 is 2.31 bits per heavy atom. The first-order valence-electron chi connectivity index (χ1n) is 7.96. The molecule has 0 aliphatic heterocycles. The fourth-order valence-corrected chi connectivity index (χ4v) is 3.77. The molecule has 0 spiro atoms. The predicted molar refractivity (Wildman–Crippen MR) is 97.3 cm³/mol. The van der Waals surface area contributed by atoms with Gasteiger partial charge in [0.1, 0.15) is 0 Å². The number of imidazole rings is 1. The van der Waals surface area contributed by atoms with Crippen LogP contribution in [0.2, 0.25) is 0 Å². The largest absolute Gasteiger partial charge is 0.418 e. The molecule has 0 aliphatic carbocycles. The molecular formula is C19H18F3N3S. The van der Waals surface area contributed by atoms with E-state index in [4.69, 9.17) is 0 Å². The Bertz CT molecular complexity index is 860. The Labute approximate surface area is 154 Å². The number of hydrogen-bond acceptors (Lipinski definition) is 3. The van der Waals surface area contributed by atoms with Crippen molar-refractivity contribution in [3.63, 3.8) is 0 Å². The van der Waals surface area contributed by atoms with Crippen LogP contribution in [0.25, 0.3) is 5.69 Å². The van der Waals surface area contributed by atoms with E-state index in [2.05, 4.69) is 4.98 Å². The van der Waals surface area contributed by atoms with Crippen LogP contribution in [0, 0.1) is 0 Å². The van der Waals surface area contributed by atoms with Gasteiger partial charge in [0.25, 0.3) is 0 Å². The van der Waals surface area contributed by atoms with Crippen molar-refractivity contribution >= 4 is 11.8 Å². The Morgan fingerprint density at radius 2 is 1.65 bits per heavy atom. The van der Waals surface area contributed by atoms with Crippen LogP contribution in [-0.2, 0) is 6.18 Å². The second-order valence-corrected chi connectivity index (χ2v) is 6.99. The SMILES string of the molecule is CN(C)C(Sc1nccn1-c1ccccc1C(F)(F)F)c1ccccc1. The average molecular weight is 377 g/mol. The molecule has 0 saturated heterocycles. The summed E-state index contributed by atoms with van der Waals surface area (Å²) in [7, 11) is 3.86. The van der Waals surface area contributed by atoms with Crippen molar-refractivity contribution in [2.24, 2.45) is 0 Å². The van der Waals surface area contributed by atoms with E-state index in [0.717, 1.165) is 11.6 Å². The number of para-hydroxylation sites is 1. The van der Waals surface area contributed by atoms with E-state index in [1.807, 2.05) is 49.3 Å². The highest BCUT2D eigenvalue weighted by atomic mass is 32.2. The first kappa shape index (κ1) is 18.5. The summed E-state index contributed by atoms with van der Waals surface area (Å²) < 4.78 is 41.6. The molecule has 0 fully saturated rings. The molecule has 1 unspecified atom stereocenters. The summed E-state index contributed by atoms with van der Waals surface area (Å²) >= 11 is 1.41. The summed E-state index contributed by atoms with van der Waals surface area (Å²) in [5.74, 6) is 0. The van der Waals surface area contributed by atoms with Crippen LogP contribution in [0.1, 0.15) is 16.5 Å². The number of alkyl halides is 3. The second-order valence-electron chi connectivity index (χ2n) is 5.94. The number of nitrogens with zero attached hydrogens (tertiary/aromatic N) is 3. The first-order valence-corrected chi connectivity index (χ1v) is 8.84. The Balaban J connectivity index is 2.00. The predicted octanol–water partition coefficient (Wildman–Crippen LogP) is 5.24. The quantitative estimate of drug-likeness (QED) is 0.448. The fraction of sp³-hybridized carbons (Fsp3) is 0.211. The Hall–Kier alpha value is -2.25. The van der Waals surface area contributed by atoms with Crippen LogP contribution in [0.5, 0.6) is 0 Å². The van der Waals surface area contributed by atoms with Gasteiger partial charge >= 0.3 is 6.18 Å². The highest BCUT2D eigenvalue weighted by molar-refractivity contribution is 7.99. The van der Waals surface area contributed by atoms with Gasteiger partial charge in [0, 0.05) is 12.4 Å². The van der Waals surface area contributed by atoms with Crippen molar-refractivity contribution < 1.29 is 13.2 Å². The summed E-state index contributed by atoms with van der Waals surface area (Å²) in [5, 5.41) is 0.430. The van der Waals surface area contributed by atoms with Gasteiger partial charge in [0.2, 0.25) is 0 Å². The molecule has 26 heavy (non-hydrogen) atoms. The van der Waals surface area contributed by atoms with Crippen molar-refractivity contribution in [2.45, 2.75) is 16.7 Å². The van der Waals surface area contributed by atoms with Crippen molar-refractivity contribution in [1.29, 1.82) is 0 Å². The van der Waals surface area contributed by atoms with Crippen LogP contribution in [0.15, 0.2) is 72.1 Å². The molecule has 0 radical (unpaired) electrons. The summed E-state index contributed by atoms with van der Waals surface area (Å²) in [6, 6.07) is 15.3. The molecule has 0 amide bonds. The Kier molecular flexibility index (Phi) is 5.38. The number of aromatic nitrogens is 2. The molecule has 0 N–H and O–H groups in total. The minimum atomic E-state index is -4.43. The van der Waals surface area contributed by atoms with Crippen molar-refractivity contribution in [2.75, 3.05) is 14.1 Å². The van der Waals surface area contributed by atoms with Gasteiger partial charge in [-0.1, -0.05) is 54.2 Å². The molecule has 2 aromatic carbocycles. The summed E-state index contributed by atoms with van der Waals surface area (Å²) in [5.41, 5.74) is 0.452. The minimum Gasteiger partial charge on any atom is -0.294 e. The van der Waals surface area contributed by atoms with E-state index < -0.39 is 11.7 Å². The third-order valence-electron chi connectivity index (χ3n) is 3.85. The maximum absolute atomic E-state index is 13.4. The lowest BCUT2D eigenvalue weighted by molar-refractivity contribution is -0.137. The molecule has 1 heterocycles. The monoisotopic (exact) mass is 377 g/mol. The molecular weight excluding hydrogens is 359 g/mol. The molecule has 0 saturated carbocycles. The highest BCUT2D eigenvalue weighted by Crippen LogP contribution is 2.39.